The van der Waals surface area contributed by atoms with E-state index in [2.05, 4.69) is 4.99 Å². The van der Waals surface area contributed by atoms with Crippen LogP contribution in [0.25, 0.3) is 6.08 Å². The summed E-state index contributed by atoms with van der Waals surface area (Å²) in [5.74, 6) is -0.480. The molecule has 0 spiro atoms. The molecule has 2 aromatic carbocycles. The standard InChI is InChI=1S/C22H25N3O4S/c1-5-25(6-2)30(27,28)19-9-7-8-17(15-19)21-23-20(22(26)29-21)14-16-10-12-18(13-11-16)24(3)4/h7-15H,5-6H2,1-4H3/b20-14+. The van der Waals surface area contributed by atoms with E-state index in [1.165, 1.54) is 16.4 Å². The number of carbonyl (C=O) groups is 1. The van der Waals surface area contributed by atoms with E-state index < -0.39 is 16.0 Å². The van der Waals surface area contributed by atoms with Gasteiger partial charge in [-0.15, -0.1) is 0 Å². The van der Waals surface area contributed by atoms with E-state index in [9.17, 15) is 13.2 Å². The molecule has 0 aromatic heterocycles. The zero-order chi connectivity index (χ0) is 21.9. The van der Waals surface area contributed by atoms with Gasteiger partial charge < -0.3 is 9.64 Å². The second-order valence-electron chi connectivity index (χ2n) is 6.94. The van der Waals surface area contributed by atoms with E-state index >= 15 is 0 Å². The maximum atomic E-state index is 12.8. The number of nitrogens with zero attached hydrogens (tertiary/aromatic N) is 3. The Morgan fingerprint density at radius 2 is 1.70 bits per heavy atom. The van der Waals surface area contributed by atoms with Crippen molar-refractivity contribution < 1.29 is 17.9 Å². The summed E-state index contributed by atoms with van der Waals surface area (Å²) < 4.78 is 32.2. The van der Waals surface area contributed by atoms with Crippen LogP contribution >= 0.6 is 0 Å². The highest BCUT2D eigenvalue weighted by Crippen LogP contribution is 2.23. The number of anilines is 1. The van der Waals surface area contributed by atoms with Gasteiger partial charge in [-0.2, -0.15) is 4.31 Å². The molecule has 0 aliphatic carbocycles. The smallest absolute Gasteiger partial charge is 0.363 e. The molecular weight excluding hydrogens is 402 g/mol. The molecule has 7 nitrogen and oxygen atoms in total. The van der Waals surface area contributed by atoms with Crippen LogP contribution in [0.4, 0.5) is 5.69 Å². The molecular formula is C22H25N3O4S. The van der Waals surface area contributed by atoms with Crippen LogP contribution in [0.15, 0.2) is 64.1 Å². The van der Waals surface area contributed by atoms with Crippen molar-refractivity contribution in [2.75, 3.05) is 32.1 Å². The van der Waals surface area contributed by atoms with Crippen LogP contribution in [0.2, 0.25) is 0 Å². The number of carbonyl (C=O) groups excluding carboxylic acids is 1. The number of aliphatic imine (C=N–C) groups is 1. The van der Waals surface area contributed by atoms with Gasteiger partial charge in [0.2, 0.25) is 15.9 Å². The molecule has 8 heteroatoms. The largest absolute Gasteiger partial charge is 0.402 e. The predicted octanol–water partition coefficient (Wildman–Crippen LogP) is 3.13. The highest BCUT2D eigenvalue weighted by Gasteiger charge is 2.27. The molecule has 3 rings (SSSR count). The minimum absolute atomic E-state index is 0.0905. The number of sulfonamides is 1. The summed E-state index contributed by atoms with van der Waals surface area (Å²) in [4.78, 5) is 18.7. The fraction of sp³-hybridized carbons (Fsp3) is 0.273. The Kier molecular flexibility index (Phi) is 6.38. The topological polar surface area (TPSA) is 79.3 Å². The Morgan fingerprint density at radius 1 is 1.03 bits per heavy atom. The molecule has 1 heterocycles. The molecule has 30 heavy (non-hydrogen) atoms. The van der Waals surface area contributed by atoms with Gasteiger partial charge in [0.25, 0.3) is 0 Å². The Balaban J connectivity index is 1.91. The van der Waals surface area contributed by atoms with Gasteiger partial charge in [-0.1, -0.05) is 32.0 Å². The van der Waals surface area contributed by atoms with Gasteiger partial charge >= 0.3 is 5.97 Å². The molecule has 0 N–H and O–H groups in total. The van der Waals surface area contributed by atoms with E-state index in [0.717, 1.165) is 11.3 Å². The minimum atomic E-state index is -3.62. The van der Waals surface area contributed by atoms with Crippen molar-refractivity contribution in [3.63, 3.8) is 0 Å². The number of ether oxygens (including phenoxy) is 1. The normalized spacial score (nSPS) is 15.4. The Bertz CT molecular complexity index is 1100. The molecule has 0 fully saturated rings. The molecule has 2 aromatic rings. The van der Waals surface area contributed by atoms with Crippen LogP contribution in [0.1, 0.15) is 25.0 Å². The summed E-state index contributed by atoms with van der Waals surface area (Å²) in [5, 5.41) is 0. The number of hydrogen-bond acceptors (Lipinski definition) is 6. The van der Waals surface area contributed by atoms with Crippen molar-refractivity contribution in [3.8, 4) is 0 Å². The molecule has 0 saturated heterocycles. The van der Waals surface area contributed by atoms with E-state index in [-0.39, 0.29) is 16.5 Å². The average Bonchev–Trinajstić information content (AvgIpc) is 3.09. The molecule has 1 aliphatic heterocycles. The zero-order valence-electron chi connectivity index (χ0n) is 17.5. The first-order valence-electron chi connectivity index (χ1n) is 9.66. The van der Waals surface area contributed by atoms with Gasteiger partial charge in [-0.25, -0.2) is 18.2 Å². The lowest BCUT2D eigenvalue weighted by atomic mass is 10.1. The number of rotatable bonds is 7. The zero-order valence-corrected chi connectivity index (χ0v) is 18.3. The van der Waals surface area contributed by atoms with Crippen LogP contribution in [-0.2, 0) is 19.6 Å². The lowest BCUT2D eigenvalue weighted by Crippen LogP contribution is -2.30. The van der Waals surface area contributed by atoms with Crippen LogP contribution < -0.4 is 4.90 Å². The van der Waals surface area contributed by atoms with E-state index in [1.807, 2.05) is 43.3 Å². The number of hydrogen-bond donors (Lipinski definition) is 0. The Morgan fingerprint density at radius 3 is 2.30 bits per heavy atom. The first kappa shape index (κ1) is 21.7. The number of cyclic esters (lactones) is 1. The van der Waals surface area contributed by atoms with Crippen molar-refractivity contribution in [2.45, 2.75) is 18.7 Å². The van der Waals surface area contributed by atoms with E-state index in [4.69, 9.17) is 4.74 Å². The van der Waals surface area contributed by atoms with Gasteiger partial charge in [0, 0.05) is 38.4 Å². The summed E-state index contributed by atoms with van der Waals surface area (Å²) in [6.45, 7) is 4.32. The minimum Gasteiger partial charge on any atom is -0.402 e. The molecule has 0 bridgehead atoms. The van der Waals surface area contributed by atoms with Crippen LogP contribution in [0.5, 0.6) is 0 Å². The van der Waals surface area contributed by atoms with Gasteiger partial charge in [-0.05, 0) is 42.0 Å². The Hall–Kier alpha value is -2.97. The van der Waals surface area contributed by atoms with E-state index in [1.54, 1.807) is 32.1 Å². The quantitative estimate of drug-likeness (QED) is 0.501. The third-order valence-electron chi connectivity index (χ3n) is 4.76. The maximum Gasteiger partial charge on any atom is 0.363 e. The van der Waals surface area contributed by atoms with Crippen molar-refractivity contribution in [3.05, 3.63) is 65.4 Å². The molecule has 0 radical (unpaired) electrons. The van der Waals surface area contributed by atoms with Crippen molar-refractivity contribution >= 4 is 33.7 Å². The van der Waals surface area contributed by atoms with Crippen molar-refractivity contribution in [2.24, 2.45) is 4.99 Å². The third kappa shape index (κ3) is 4.44. The lowest BCUT2D eigenvalue weighted by Gasteiger charge is -2.18. The molecule has 0 unspecified atom stereocenters. The third-order valence-corrected chi connectivity index (χ3v) is 6.80. The molecule has 1 aliphatic rings. The van der Waals surface area contributed by atoms with Crippen molar-refractivity contribution in [1.82, 2.24) is 4.31 Å². The first-order chi connectivity index (χ1) is 14.3. The summed E-state index contributed by atoms with van der Waals surface area (Å²) in [5.41, 5.74) is 2.46. The molecule has 0 amide bonds. The molecule has 0 atom stereocenters. The lowest BCUT2D eigenvalue weighted by molar-refractivity contribution is -0.129. The summed E-state index contributed by atoms with van der Waals surface area (Å²) in [7, 11) is 0.282. The SMILES string of the molecule is CCN(CC)S(=O)(=O)c1cccc(C2=N/C(=C/c3ccc(N(C)C)cc3)C(=O)O2)c1. The summed E-state index contributed by atoms with van der Waals surface area (Å²) in [6, 6.07) is 14.0. The van der Waals surface area contributed by atoms with Crippen LogP contribution in [0.3, 0.4) is 0 Å². The average molecular weight is 428 g/mol. The molecule has 158 valence electrons. The van der Waals surface area contributed by atoms with Gasteiger partial charge in [-0.3, -0.25) is 0 Å². The Labute approximate surface area is 177 Å². The number of benzene rings is 2. The van der Waals surface area contributed by atoms with Crippen LogP contribution in [0, 0.1) is 0 Å². The van der Waals surface area contributed by atoms with Gasteiger partial charge in [0.15, 0.2) is 5.70 Å². The van der Waals surface area contributed by atoms with Gasteiger partial charge in [0.05, 0.1) is 4.90 Å². The van der Waals surface area contributed by atoms with E-state index in [0.29, 0.717) is 18.7 Å². The van der Waals surface area contributed by atoms with Crippen LogP contribution in [-0.4, -0.2) is 51.8 Å². The second kappa shape index (κ2) is 8.81. The monoisotopic (exact) mass is 427 g/mol. The fourth-order valence-electron chi connectivity index (χ4n) is 3.06. The summed E-state index contributed by atoms with van der Waals surface area (Å²) in [6.07, 6.45) is 1.64. The summed E-state index contributed by atoms with van der Waals surface area (Å²) >= 11 is 0. The van der Waals surface area contributed by atoms with Gasteiger partial charge in [0.1, 0.15) is 0 Å². The first-order valence-corrected chi connectivity index (χ1v) is 11.1. The second-order valence-corrected chi connectivity index (χ2v) is 8.88. The van der Waals surface area contributed by atoms with Crippen molar-refractivity contribution in [1.29, 1.82) is 0 Å². The highest BCUT2D eigenvalue weighted by molar-refractivity contribution is 7.89. The highest BCUT2D eigenvalue weighted by atomic mass is 32.2. The molecule has 0 saturated carbocycles. The maximum absolute atomic E-state index is 12.8. The fourth-order valence-corrected chi connectivity index (χ4v) is 4.57. The predicted molar refractivity (Wildman–Crippen MR) is 118 cm³/mol. The number of esters is 1.